The van der Waals surface area contributed by atoms with E-state index in [1.54, 1.807) is 17.4 Å². The second kappa shape index (κ2) is 18.7. The zero-order chi connectivity index (χ0) is 41.6. The highest BCUT2D eigenvalue weighted by atomic mass is 32.2. The second-order valence-corrected chi connectivity index (χ2v) is 17.2. The number of likely N-dealkylation sites (tertiary alicyclic amines) is 1. The highest BCUT2D eigenvalue weighted by Gasteiger charge is 2.44. The van der Waals surface area contributed by atoms with E-state index in [0.29, 0.717) is 5.75 Å². The van der Waals surface area contributed by atoms with Gasteiger partial charge in [0.05, 0.1) is 64.3 Å². The Morgan fingerprint density at radius 1 is 1.00 bits per heavy atom. The summed E-state index contributed by atoms with van der Waals surface area (Å²) < 4.78 is 17.0. The molecule has 17 heteroatoms. The fraction of sp³-hybridized carbons (Fsp3) is 0.415. The number of carbonyl (C=O) groups is 3. The maximum atomic E-state index is 14.0. The molecule has 4 atom stereocenters. The van der Waals surface area contributed by atoms with Crippen LogP contribution in [-0.2, 0) is 23.9 Å². The molecule has 1 aromatic heterocycles. The number of aliphatic hydroxyl groups is 1. The Balaban J connectivity index is 0.921. The average molecular weight is 833 g/mol. The van der Waals surface area contributed by atoms with Gasteiger partial charge in [-0.2, -0.15) is 0 Å². The molecule has 308 valence electrons. The number of β-amino-alcohol motifs (C(OH)–C–C–N with tert-alkyl or cyclic N) is 1. The molecule has 3 aromatic carbocycles. The molecule has 0 radical (unpaired) electrons. The Labute approximate surface area is 345 Å². The lowest BCUT2D eigenvalue weighted by atomic mass is 9.85. The van der Waals surface area contributed by atoms with Crippen LogP contribution >= 0.6 is 23.1 Å². The molecule has 4 N–H and O–H groups in total. The lowest BCUT2D eigenvalue weighted by Crippen LogP contribution is -2.58. The number of nitrogens with zero attached hydrogens (tertiary/aromatic N) is 3. The van der Waals surface area contributed by atoms with Gasteiger partial charge in [0.1, 0.15) is 31.0 Å². The molecule has 2 aliphatic rings. The molecule has 1 saturated heterocycles. The number of anilines is 2. The van der Waals surface area contributed by atoms with Gasteiger partial charge in [0, 0.05) is 34.9 Å². The van der Waals surface area contributed by atoms with Gasteiger partial charge in [0.15, 0.2) is 0 Å². The third-order valence-electron chi connectivity index (χ3n) is 9.78. The lowest BCUT2D eigenvalue weighted by Gasteiger charge is -2.35. The van der Waals surface area contributed by atoms with E-state index in [9.17, 15) is 29.6 Å². The number of fused-ring (bicyclic) bond motifs is 2. The summed E-state index contributed by atoms with van der Waals surface area (Å²) in [6, 6.07) is 15.9. The number of ether oxygens (including phenoxy) is 3. The number of carbonyl (C=O) groups excluding carboxylic acids is 3. The summed E-state index contributed by atoms with van der Waals surface area (Å²) in [4.78, 5) is 59.7. The number of nitro groups is 1. The molecular formula is C41H48N6O9S2. The van der Waals surface area contributed by atoms with Gasteiger partial charge in [-0.15, -0.1) is 11.3 Å². The Hall–Kier alpha value is -5.07. The average Bonchev–Trinajstić information content (AvgIpc) is 3.81. The van der Waals surface area contributed by atoms with Crippen molar-refractivity contribution < 1.29 is 38.6 Å². The topological polar surface area (TPSA) is 194 Å². The minimum Gasteiger partial charge on any atom is -0.491 e. The number of non-ortho nitro benzene ring substituents is 1. The smallest absolute Gasteiger partial charge is 0.270 e. The molecule has 3 amide bonds. The zero-order valence-electron chi connectivity index (χ0n) is 33.0. The van der Waals surface area contributed by atoms with Crippen LogP contribution in [0.5, 0.6) is 5.75 Å². The van der Waals surface area contributed by atoms with E-state index in [4.69, 9.17) is 14.2 Å². The summed E-state index contributed by atoms with van der Waals surface area (Å²) in [6.45, 7) is 9.81. The van der Waals surface area contributed by atoms with Gasteiger partial charge in [0.25, 0.3) is 5.69 Å². The number of rotatable bonds is 16. The first-order chi connectivity index (χ1) is 27.7. The molecule has 6 rings (SSSR count). The molecule has 3 heterocycles. The fourth-order valence-electron chi connectivity index (χ4n) is 6.68. The number of hydrogen-bond donors (Lipinski definition) is 4. The molecule has 0 aliphatic carbocycles. The van der Waals surface area contributed by atoms with Crippen molar-refractivity contribution in [2.75, 3.05) is 44.9 Å². The predicted molar refractivity (Wildman–Crippen MR) is 220 cm³/mol. The van der Waals surface area contributed by atoms with Crippen molar-refractivity contribution in [2.45, 2.75) is 75.1 Å². The third kappa shape index (κ3) is 10.5. The van der Waals surface area contributed by atoms with Crippen LogP contribution in [0.4, 0.5) is 17.1 Å². The summed E-state index contributed by atoms with van der Waals surface area (Å²) >= 11 is 2.99. The maximum absolute atomic E-state index is 14.0. The Morgan fingerprint density at radius 3 is 2.38 bits per heavy atom. The SMILES string of the molecule is Cc1ncsc1-c1ccc([C@H](C)NC(=O)[C@@H]2C[C@@H](O)CN2C(=O)C(NC(=O)COCCOCCOc2ccc3c(c2)Sc2cc([N+](=O)[O-])ccc2N3)C(C)(C)C)cc1. The van der Waals surface area contributed by atoms with E-state index in [1.807, 2.05) is 82.6 Å². The molecule has 0 saturated carbocycles. The van der Waals surface area contributed by atoms with Crippen LogP contribution in [0.1, 0.15) is 51.4 Å². The number of aryl methyl sites for hydroxylation is 1. The fourth-order valence-corrected chi connectivity index (χ4v) is 8.54. The quantitative estimate of drug-likeness (QED) is 0.0514. The van der Waals surface area contributed by atoms with Crippen molar-refractivity contribution >= 4 is 57.9 Å². The summed E-state index contributed by atoms with van der Waals surface area (Å²) in [5.74, 6) is -0.719. The van der Waals surface area contributed by atoms with Crippen LogP contribution in [0.3, 0.4) is 0 Å². The Kier molecular flexibility index (Phi) is 13.7. The van der Waals surface area contributed by atoms with Crippen LogP contribution in [0.15, 0.2) is 76.0 Å². The Morgan fingerprint density at radius 2 is 1.69 bits per heavy atom. The number of nitro benzene ring substituents is 1. The monoisotopic (exact) mass is 832 g/mol. The largest absolute Gasteiger partial charge is 0.491 e. The molecule has 4 aromatic rings. The van der Waals surface area contributed by atoms with E-state index in [1.165, 1.54) is 28.8 Å². The summed E-state index contributed by atoms with van der Waals surface area (Å²) in [5, 5.41) is 30.8. The first-order valence-electron chi connectivity index (χ1n) is 18.9. The van der Waals surface area contributed by atoms with E-state index in [0.717, 1.165) is 42.9 Å². The first-order valence-corrected chi connectivity index (χ1v) is 20.6. The number of aliphatic hydroxyl groups excluding tert-OH is 1. The molecular weight excluding hydrogens is 785 g/mol. The van der Waals surface area contributed by atoms with Crippen molar-refractivity contribution in [1.29, 1.82) is 0 Å². The number of benzene rings is 3. The van der Waals surface area contributed by atoms with E-state index < -0.39 is 40.3 Å². The van der Waals surface area contributed by atoms with E-state index >= 15 is 0 Å². The van der Waals surface area contributed by atoms with Gasteiger partial charge in [-0.1, -0.05) is 56.8 Å². The van der Waals surface area contributed by atoms with Gasteiger partial charge in [-0.3, -0.25) is 24.5 Å². The minimum atomic E-state index is -0.983. The summed E-state index contributed by atoms with van der Waals surface area (Å²) in [7, 11) is 0. The van der Waals surface area contributed by atoms with Crippen molar-refractivity contribution in [3.63, 3.8) is 0 Å². The third-order valence-corrected chi connectivity index (χ3v) is 11.9. The zero-order valence-corrected chi connectivity index (χ0v) is 34.6. The van der Waals surface area contributed by atoms with Crippen LogP contribution in [-0.4, -0.2) is 95.4 Å². The van der Waals surface area contributed by atoms with Crippen molar-refractivity contribution in [1.82, 2.24) is 20.5 Å². The molecule has 1 fully saturated rings. The molecule has 58 heavy (non-hydrogen) atoms. The van der Waals surface area contributed by atoms with E-state index in [2.05, 4.69) is 20.9 Å². The van der Waals surface area contributed by atoms with Gasteiger partial charge in [-0.05, 0) is 54.7 Å². The number of thiazole rings is 1. The predicted octanol–water partition coefficient (Wildman–Crippen LogP) is 6.02. The molecule has 2 aliphatic heterocycles. The number of hydrogen-bond acceptors (Lipinski definition) is 13. The highest BCUT2D eigenvalue weighted by Crippen LogP contribution is 2.46. The van der Waals surface area contributed by atoms with Gasteiger partial charge in [-0.25, -0.2) is 4.98 Å². The van der Waals surface area contributed by atoms with Gasteiger partial charge in [0.2, 0.25) is 17.7 Å². The van der Waals surface area contributed by atoms with E-state index in [-0.39, 0.29) is 63.6 Å². The van der Waals surface area contributed by atoms with Gasteiger partial charge >= 0.3 is 0 Å². The molecule has 0 bridgehead atoms. The highest BCUT2D eigenvalue weighted by molar-refractivity contribution is 7.99. The number of aromatic nitrogens is 1. The Bertz CT molecular complexity index is 2120. The number of amides is 3. The summed E-state index contributed by atoms with van der Waals surface area (Å²) in [5.41, 5.74) is 5.69. The normalized spacial score (nSPS) is 17.0. The maximum Gasteiger partial charge on any atom is 0.270 e. The van der Waals surface area contributed by atoms with Crippen molar-refractivity contribution in [3.05, 3.63) is 87.5 Å². The molecule has 0 spiro atoms. The second-order valence-electron chi connectivity index (χ2n) is 15.2. The van der Waals surface area contributed by atoms with Crippen molar-refractivity contribution in [3.8, 4) is 16.2 Å². The lowest BCUT2D eigenvalue weighted by molar-refractivity contribution is -0.385. The van der Waals surface area contributed by atoms with Crippen LogP contribution < -0.4 is 20.7 Å². The first kappa shape index (κ1) is 42.5. The summed E-state index contributed by atoms with van der Waals surface area (Å²) in [6.07, 6.45) is -0.803. The van der Waals surface area contributed by atoms with Crippen LogP contribution in [0.25, 0.3) is 10.4 Å². The molecule has 1 unspecified atom stereocenters. The minimum absolute atomic E-state index is 0.0253. The standard InChI is InChI=1S/C41H48N6O9S2/c1-24(26-6-8-27(9-7-26)37-25(2)42-23-57-37)43-39(50)33-19-29(48)21-46(33)40(51)38(41(3,4)5)45-36(49)22-55-15-14-54-16-17-56-30-11-13-32-35(20-30)58-34-18-28(47(52)53)10-12-31(34)44-32/h6-13,18,20,23-24,29,33,38,44,48H,14-17,19,21-22H2,1-5H3,(H,43,50)(H,45,49)/t24-,29+,33-,38?/m0/s1. The molecule has 15 nitrogen and oxygen atoms in total. The number of nitrogens with one attached hydrogen (secondary N) is 3. The van der Waals surface area contributed by atoms with Crippen molar-refractivity contribution in [2.24, 2.45) is 5.41 Å². The van der Waals surface area contributed by atoms with Crippen LogP contribution in [0, 0.1) is 22.5 Å². The van der Waals surface area contributed by atoms with Gasteiger partial charge < -0.3 is 40.2 Å². The van der Waals surface area contributed by atoms with Crippen LogP contribution in [0.2, 0.25) is 0 Å².